The van der Waals surface area contributed by atoms with E-state index >= 15 is 0 Å². The van der Waals surface area contributed by atoms with E-state index in [1.807, 2.05) is 12.1 Å². The van der Waals surface area contributed by atoms with Gasteiger partial charge in [0, 0.05) is 18.3 Å². The van der Waals surface area contributed by atoms with Gasteiger partial charge in [-0.15, -0.1) is 5.10 Å². The Hall–Kier alpha value is -3.52. The van der Waals surface area contributed by atoms with Crippen LogP contribution in [0.4, 0.5) is 10.2 Å². The lowest BCUT2D eigenvalue weighted by Gasteiger charge is -2.26. The highest BCUT2D eigenvalue weighted by atomic mass is 19.1. The van der Waals surface area contributed by atoms with Crippen LogP contribution in [0.25, 0.3) is 17.0 Å². The van der Waals surface area contributed by atoms with E-state index < -0.39 is 0 Å². The van der Waals surface area contributed by atoms with Crippen LogP contribution in [-0.2, 0) is 6.61 Å². The van der Waals surface area contributed by atoms with Crippen molar-refractivity contribution in [1.29, 1.82) is 0 Å². The number of nitrogens with zero attached hydrogens (tertiary/aromatic N) is 5. The average Bonchev–Trinajstić information content (AvgIpc) is 3.42. The largest absolute Gasteiger partial charge is 0.508 e. The van der Waals surface area contributed by atoms with Gasteiger partial charge in [-0.25, -0.2) is 13.9 Å². The molecule has 0 saturated carbocycles. The fourth-order valence-electron chi connectivity index (χ4n) is 4.06. The summed E-state index contributed by atoms with van der Waals surface area (Å²) in [6.45, 7) is 0.679. The number of aromatic nitrogens is 4. The molecular weight excluding hydrogens is 385 g/mol. The van der Waals surface area contributed by atoms with Gasteiger partial charge < -0.3 is 15.1 Å². The second-order valence-corrected chi connectivity index (χ2v) is 7.37. The van der Waals surface area contributed by atoms with Crippen molar-refractivity contribution in [2.45, 2.75) is 25.5 Å². The van der Waals surface area contributed by atoms with Crippen molar-refractivity contribution in [3.05, 3.63) is 71.8 Å². The van der Waals surface area contributed by atoms with Gasteiger partial charge in [0.1, 0.15) is 23.1 Å². The van der Waals surface area contributed by atoms with Crippen molar-refractivity contribution in [3.63, 3.8) is 0 Å². The number of anilines is 1. The summed E-state index contributed by atoms with van der Waals surface area (Å²) < 4.78 is 15.5. The number of aromatic hydroxyl groups is 1. The van der Waals surface area contributed by atoms with E-state index in [0.717, 1.165) is 24.9 Å². The zero-order valence-corrected chi connectivity index (χ0v) is 16.1. The van der Waals surface area contributed by atoms with Crippen LogP contribution in [0.5, 0.6) is 5.75 Å². The van der Waals surface area contributed by atoms with Crippen LogP contribution in [0.15, 0.2) is 54.9 Å². The molecule has 7 nitrogen and oxygen atoms in total. The topological polar surface area (TPSA) is 86.8 Å². The molecule has 5 rings (SSSR count). The van der Waals surface area contributed by atoms with Gasteiger partial charge in [0.15, 0.2) is 5.65 Å². The molecular formula is C22H20FN5O2. The molecule has 1 fully saturated rings. The zero-order valence-electron chi connectivity index (χ0n) is 16.1. The van der Waals surface area contributed by atoms with Gasteiger partial charge in [-0.2, -0.15) is 0 Å². The average molecular weight is 405 g/mol. The standard InChI is InChI=1S/C22H20FN5O2/c23-15-3-4-20(30)16(11-15)18-2-1-9-27(18)22-6-5-21-25-12-19(28(21)26-22)17-10-14(13-29)7-8-24-17/h3-8,10-12,18,29-30H,1-2,9,13H2/t18-/m1/s1. The molecule has 4 heterocycles. The van der Waals surface area contributed by atoms with Crippen LogP contribution in [0, 0.1) is 5.82 Å². The predicted molar refractivity (Wildman–Crippen MR) is 110 cm³/mol. The number of phenolic OH excluding ortho intramolecular Hbond substituents is 1. The molecule has 0 aliphatic carbocycles. The Labute approximate surface area is 172 Å². The molecule has 2 N–H and O–H groups in total. The molecule has 1 saturated heterocycles. The van der Waals surface area contributed by atoms with Crippen LogP contribution in [-0.4, -0.2) is 36.3 Å². The minimum absolute atomic E-state index is 0.0719. The third kappa shape index (κ3) is 3.15. The number of fused-ring (bicyclic) bond motifs is 1. The Balaban J connectivity index is 1.57. The number of benzene rings is 1. The molecule has 0 unspecified atom stereocenters. The number of aliphatic hydroxyl groups excluding tert-OH is 1. The third-order valence-corrected chi connectivity index (χ3v) is 5.51. The molecule has 152 valence electrons. The first kappa shape index (κ1) is 18.5. The van der Waals surface area contributed by atoms with Gasteiger partial charge in [-0.3, -0.25) is 4.98 Å². The molecule has 1 aliphatic heterocycles. The van der Waals surface area contributed by atoms with E-state index in [1.54, 1.807) is 29.0 Å². The van der Waals surface area contributed by atoms with Crippen LogP contribution < -0.4 is 4.90 Å². The van der Waals surface area contributed by atoms with E-state index in [9.17, 15) is 14.6 Å². The zero-order chi connectivity index (χ0) is 20.7. The first-order valence-corrected chi connectivity index (χ1v) is 9.80. The van der Waals surface area contributed by atoms with Crippen molar-refractivity contribution in [3.8, 4) is 17.1 Å². The number of pyridine rings is 1. The molecule has 8 heteroatoms. The number of hydrogen-bond acceptors (Lipinski definition) is 6. The minimum atomic E-state index is -0.371. The molecule has 30 heavy (non-hydrogen) atoms. The Morgan fingerprint density at radius 2 is 2.00 bits per heavy atom. The van der Waals surface area contributed by atoms with Gasteiger partial charge in [0.2, 0.25) is 0 Å². The second kappa shape index (κ2) is 7.38. The Kier molecular flexibility index (Phi) is 4.55. The van der Waals surface area contributed by atoms with Crippen molar-refractivity contribution in [1.82, 2.24) is 19.6 Å². The highest BCUT2D eigenvalue weighted by Crippen LogP contribution is 2.39. The number of hydrogen-bond donors (Lipinski definition) is 2. The number of aliphatic hydroxyl groups is 1. The maximum atomic E-state index is 13.8. The fraction of sp³-hybridized carbons (Fsp3) is 0.227. The van der Waals surface area contributed by atoms with Crippen molar-refractivity contribution in [2.75, 3.05) is 11.4 Å². The molecule has 0 amide bonds. The van der Waals surface area contributed by atoms with E-state index in [2.05, 4.69) is 14.9 Å². The number of rotatable bonds is 4. The summed E-state index contributed by atoms with van der Waals surface area (Å²) >= 11 is 0. The molecule has 0 spiro atoms. The van der Waals surface area contributed by atoms with Crippen LogP contribution in [0.1, 0.15) is 30.0 Å². The third-order valence-electron chi connectivity index (χ3n) is 5.51. The summed E-state index contributed by atoms with van der Waals surface area (Å²) in [5, 5.41) is 24.5. The smallest absolute Gasteiger partial charge is 0.154 e. The molecule has 0 radical (unpaired) electrons. The molecule has 0 bridgehead atoms. The normalized spacial score (nSPS) is 16.5. The lowest BCUT2D eigenvalue weighted by Crippen LogP contribution is -2.24. The predicted octanol–water partition coefficient (Wildman–Crippen LogP) is 3.47. The quantitative estimate of drug-likeness (QED) is 0.541. The number of phenols is 1. The van der Waals surface area contributed by atoms with E-state index in [4.69, 9.17) is 5.10 Å². The first-order valence-electron chi connectivity index (χ1n) is 9.80. The molecule has 1 aromatic carbocycles. The maximum Gasteiger partial charge on any atom is 0.154 e. The monoisotopic (exact) mass is 405 g/mol. The molecule has 3 aromatic heterocycles. The molecule has 4 aromatic rings. The highest BCUT2D eigenvalue weighted by molar-refractivity contribution is 5.61. The number of halogens is 1. The minimum Gasteiger partial charge on any atom is -0.508 e. The summed E-state index contributed by atoms with van der Waals surface area (Å²) in [5.41, 5.74) is 3.38. The second-order valence-electron chi connectivity index (χ2n) is 7.37. The van der Waals surface area contributed by atoms with E-state index in [0.29, 0.717) is 28.4 Å². The van der Waals surface area contributed by atoms with Crippen molar-refractivity contribution in [2.24, 2.45) is 0 Å². The van der Waals surface area contributed by atoms with Crippen LogP contribution in [0.3, 0.4) is 0 Å². The Bertz CT molecular complexity index is 1230. The summed E-state index contributed by atoms with van der Waals surface area (Å²) in [4.78, 5) is 10.9. The SMILES string of the molecule is OCc1ccnc(-c2cnc3ccc(N4CCC[C@@H]4c4cc(F)ccc4O)nn23)c1. The van der Waals surface area contributed by atoms with Gasteiger partial charge in [0.05, 0.1) is 24.5 Å². The summed E-state index contributed by atoms with van der Waals surface area (Å²) in [6, 6.07) is 11.2. The Morgan fingerprint density at radius 1 is 1.10 bits per heavy atom. The van der Waals surface area contributed by atoms with Gasteiger partial charge in [-0.1, -0.05) is 0 Å². The summed E-state index contributed by atoms with van der Waals surface area (Å²) in [5.74, 6) is 0.429. The summed E-state index contributed by atoms with van der Waals surface area (Å²) in [6.07, 6.45) is 5.06. The lowest BCUT2D eigenvalue weighted by atomic mass is 10.0. The molecule has 1 atom stereocenters. The molecule has 1 aliphatic rings. The first-order chi connectivity index (χ1) is 14.6. The van der Waals surface area contributed by atoms with Crippen molar-refractivity contribution < 1.29 is 14.6 Å². The highest BCUT2D eigenvalue weighted by Gasteiger charge is 2.30. The van der Waals surface area contributed by atoms with E-state index in [1.165, 1.54) is 18.2 Å². The summed E-state index contributed by atoms with van der Waals surface area (Å²) in [7, 11) is 0. The van der Waals surface area contributed by atoms with E-state index in [-0.39, 0.29) is 24.2 Å². The van der Waals surface area contributed by atoms with Gasteiger partial charge in [0.25, 0.3) is 0 Å². The maximum absolute atomic E-state index is 13.8. The lowest BCUT2D eigenvalue weighted by molar-refractivity contribution is 0.282. The van der Waals surface area contributed by atoms with Crippen LogP contribution in [0.2, 0.25) is 0 Å². The van der Waals surface area contributed by atoms with Gasteiger partial charge >= 0.3 is 0 Å². The fourth-order valence-corrected chi connectivity index (χ4v) is 4.06. The van der Waals surface area contributed by atoms with Gasteiger partial charge in [-0.05, 0) is 60.9 Å². The van der Waals surface area contributed by atoms with Crippen LogP contribution >= 0.6 is 0 Å². The number of imidazole rings is 1. The van der Waals surface area contributed by atoms with Crippen molar-refractivity contribution >= 4 is 11.5 Å². The Morgan fingerprint density at radius 3 is 2.87 bits per heavy atom.